The van der Waals surface area contributed by atoms with E-state index >= 15 is 0 Å². The maximum absolute atomic E-state index is 6.01. The molecule has 0 bridgehead atoms. The fraction of sp³-hybridized carbons (Fsp3) is 0.167. The van der Waals surface area contributed by atoms with Crippen molar-refractivity contribution in [2.24, 2.45) is 0 Å². The molecule has 2 rings (SSSR count). The first-order valence-corrected chi connectivity index (χ1v) is 5.88. The summed E-state index contributed by atoms with van der Waals surface area (Å²) < 4.78 is 0. The lowest BCUT2D eigenvalue weighted by Gasteiger charge is -2.08. The summed E-state index contributed by atoms with van der Waals surface area (Å²) in [4.78, 5) is 8.40. The molecule has 0 unspecified atom stereocenters. The summed E-state index contributed by atoms with van der Waals surface area (Å²) in [6.07, 6.45) is 3.32. The number of nitrogens with one attached hydrogen (secondary N) is 1. The number of nitrogens with zero attached hydrogens (tertiary/aromatic N) is 2. The molecule has 2 aromatic rings. The van der Waals surface area contributed by atoms with Gasteiger partial charge in [-0.15, -0.1) is 0 Å². The van der Waals surface area contributed by atoms with Gasteiger partial charge in [-0.1, -0.05) is 29.3 Å². The minimum Gasteiger partial charge on any atom is -0.363 e. The summed E-state index contributed by atoms with van der Waals surface area (Å²) in [5.74, 6) is 0.612. The lowest BCUT2D eigenvalue weighted by Crippen LogP contribution is -2.05. The molecule has 0 radical (unpaired) electrons. The van der Waals surface area contributed by atoms with Gasteiger partial charge in [-0.05, 0) is 24.6 Å². The third-order valence-corrected chi connectivity index (χ3v) is 2.84. The number of halogens is 2. The van der Waals surface area contributed by atoms with Gasteiger partial charge in [0.25, 0.3) is 0 Å². The highest BCUT2D eigenvalue weighted by atomic mass is 35.5. The van der Waals surface area contributed by atoms with Crippen molar-refractivity contribution in [2.45, 2.75) is 13.5 Å². The standard InChI is InChI=1S/C12H11Cl2N3/c1-8-3-2-4-15-11(8)7-17-12-10(14)5-9(13)6-16-12/h2-6H,7H2,1H3,(H,16,17). The molecule has 0 fully saturated rings. The Kier molecular flexibility index (Phi) is 3.82. The molecule has 0 spiro atoms. The van der Waals surface area contributed by atoms with Crippen molar-refractivity contribution in [2.75, 3.05) is 5.32 Å². The molecule has 2 aromatic heterocycles. The van der Waals surface area contributed by atoms with E-state index in [4.69, 9.17) is 23.2 Å². The highest BCUT2D eigenvalue weighted by molar-refractivity contribution is 6.35. The molecule has 1 N–H and O–H groups in total. The van der Waals surface area contributed by atoms with Crippen LogP contribution >= 0.6 is 23.2 Å². The zero-order valence-electron chi connectivity index (χ0n) is 9.24. The van der Waals surface area contributed by atoms with E-state index in [0.717, 1.165) is 11.3 Å². The van der Waals surface area contributed by atoms with Crippen LogP contribution in [0.25, 0.3) is 0 Å². The first-order chi connectivity index (χ1) is 8.16. The van der Waals surface area contributed by atoms with E-state index in [-0.39, 0.29) is 0 Å². The molecule has 2 heterocycles. The van der Waals surface area contributed by atoms with Crippen LogP contribution in [-0.2, 0) is 6.54 Å². The lowest BCUT2D eigenvalue weighted by molar-refractivity contribution is 1.01. The quantitative estimate of drug-likeness (QED) is 0.922. The zero-order chi connectivity index (χ0) is 12.3. The Hall–Kier alpha value is -1.32. The summed E-state index contributed by atoms with van der Waals surface area (Å²) in [5.41, 5.74) is 2.10. The summed E-state index contributed by atoms with van der Waals surface area (Å²) in [5, 5.41) is 4.16. The minimum absolute atomic E-state index is 0.506. The van der Waals surface area contributed by atoms with E-state index in [1.165, 1.54) is 0 Å². The van der Waals surface area contributed by atoms with Gasteiger partial charge in [0, 0.05) is 12.4 Å². The number of aryl methyl sites for hydroxylation is 1. The Morgan fingerprint density at radius 2 is 2.12 bits per heavy atom. The smallest absolute Gasteiger partial charge is 0.145 e. The van der Waals surface area contributed by atoms with Crippen molar-refractivity contribution in [3.05, 3.63) is 51.9 Å². The molecule has 0 aromatic carbocycles. The first kappa shape index (κ1) is 12.1. The third-order valence-electron chi connectivity index (χ3n) is 2.35. The van der Waals surface area contributed by atoms with Crippen molar-refractivity contribution in [1.82, 2.24) is 9.97 Å². The van der Waals surface area contributed by atoms with Crippen LogP contribution in [0.15, 0.2) is 30.6 Å². The maximum atomic E-state index is 6.01. The number of hydrogen-bond donors (Lipinski definition) is 1. The van der Waals surface area contributed by atoms with Gasteiger partial charge in [0.15, 0.2) is 0 Å². The van der Waals surface area contributed by atoms with Gasteiger partial charge in [0.1, 0.15) is 5.82 Å². The number of pyridine rings is 2. The number of hydrogen-bond acceptors (Lipinski definition) is 3. The van der Waals surface area contributed by atoms with Gasteiger partial charge in [0.2, 0.25) is 0 Å². The molecule has 0 aliphatic heterocycles. The second-order valence-electron chi connectivity index (χ2n) is 3.60. The van der Waals surface area contributed by atoms with Crippen LogP contribution in [0.2, 0.25) is 10.0 Å². The maximum Gasteiger partial charge on any atom is 0.145 e. The van der Waals surface area contributed by atoms with E-state index in [1.54, 1.807) is 18.5 Å². The SMILES string of the molecule is Cc1cccnc1CNc1ncc(Cl)cc1Cl. The summed E-state index contributed by atoms with van der Waals surface area (Å²) in [6.45, 7) is 2.60. The first-order valence-electron chi connectivity index (χ1n) is 5.12. The molecule has 0 aliphatic carbocycles. The molecule has 0 saturated heterocycles. The Balaban J connectivity index is 2.10. The van der Waals surface area contributed by atoms with Crippen molar-refractivity contribution >= 4 is 29.0 Å². The molecule has 0 amide bonds. The van der Waals surface area contributed by atoms with Crippen LogP contribution < -0.4 is 5.32 Å². The highest BCUT2D eigenvalue weighted by Gasteiger charge is 2.04. The Bertz CT molecular complexity index is 529. The molecule has 0 aliphatic rings. The van der Waals surface area contributed by atoms with E-state index in [2.05, 4.69) is 15.3 Å². The number of aromatic nitrogens is 2. The van der Waals surface area contributed by atoms with Crippen molar-refractivity contribution in [3.63, 3.8) is 0 Å². The largest absolute Gasteiger partial charge is 0.363 e. The Labute approximate surface area is 110 Å². The fourth-order valence-electron chi connectivity index (χ4n) is 1.42. The van der Waals surface area contributed by atoms with Gasteiger partial charge < -0.3 is 5.32 Å². The van der Waals surface area contributed by atoms with Crippen molar-refractivity contribution in [3.8, 4) is 0 Å². The van der Waals surface area contributed by atoms with E-state index < -0.39 is 0 Å². The van der Waals surface area contributed by atoms with Crippen molar-refractivity contribution < 1.29 is 0 Å². The predicted octanol–water partition coefficient (Wildman–Crippen LogP) is 3.70. The molecule has 3 nitrogen and oxygen atoms in total. The lowest BCUT2D eigenvalue weighted by atomic mass is 10.2. The van der Waals surface area contributed by atoms with Crippen LogP contribution in [0.5, 0.6) is 0 Å². The average molecular weight is 268 g/mol. The summed E-state index contributed by atoms with van der Waals surface area (Å²) in [6, 6.07) is 5.58. The number of anilines is 1. The molecule has 0 atom stereocenters. The monoisotopic (exact) mass is 267 g/mol. The van der Waals surface area contributed by atoms with Gasteiger partial charge in [0.05, 0.1) is 22.3 Å². The van der Waals surface area contributed by atoms with Gasteiger partial charge in [-0.3, -0.25) is 4.98 Å². The van der Waals surface area contributed by atoms with Crippen molar-refractivity contribution in [1.29, 1.82) is 0 Å². The third kappa shape index (κ3) is 3.08. The second-order valence-corrected chi connectivity index (χ2v) is 4.45. The highest BCUT2D eigenvalue weighted by Crippen LogP contribution is 2.22. The van der Waals surface area contributed by atoms with Gasteiger partial charge in [-0.2, -0.15) is 0 Å². The van der Waals surface area contributed by atoms with E-state index in [0.29, 0.717) is 22.4 Å². The van der Waals surface area contributed by atoms with Crippen LogP contribution in [0.3, 0.4) is 0 Å². The zero-order valence-corrected chi connectivity index (χ0v) is 10.8. The normalized spacial score (nSPS) is 10.3. The molecular weight excluding hydrogens is 257 g/mol. The van der Waals surface area contributed by atoms with Crippen LogP contribution in [0, 0.1) is 6.92 Å². The van der Waals surface area contributed by atoms with Crippen LogP contribution in [0.1, 0.15) is 11.3 Å². The topological polar surface area (TPSA) is 37.8 Å². The van der Waals surface area contributed by atoms with E-state index in [1.807, 2.05) is 19.1 Å². The second kappa shape index (κ2) is 5.34. The summed E-state index contributed by atoms with van der Waals surface area (Å²) in [7, 11) is 0. The molecule has 5 heteroatoms. The number of rotatable bonds is 3. The molecule has 88 valence electrons. The minimum atomic E-state index is 0.506. The van der Waals surface area contributed by atoms with Gasteiger partial charge in [-0.25, -0.2) is 4.98 Å². The Morgan fingerprint density at radius 3 is 2.82 bits per heavy atom. The Morgan fingerprint density at radius 1 is 1.29 bits per heavy atom. The molecule has 0 saturated carbocycles. The molecule has 17 heavy (non-hydrogen) atoms. The van der Waals surface area contributed by atoms with Crippen LogP contribution in [-0.4, -0.2) is 9.97 Å². The molecular formula is C12H11Cl2N3. The predicted molar refractivity (Wildman–Crippen MR) is 70.6 cm³/mol. The van der Waals surface area contributed by atoms with Crippen LogP contribution in [0.4, 0.5) is 5.82 Å². The van der Waals surface area contributed by atoms with E-state index in [9.17, 15) is 0 Å². The van der Waals surface area contributed by atoms with Gasteiger partial charge >= 0.3 is 0 Å². The average Bonchev–Trinajstić information content (AvgIpc) is 2.30. The summed E-state index contributed by atoms with van der Waals surface area (Å²) >= 11 is 11.8. The fourth-order valence-corrected chi connectivity index (χ4v) is 1.86.